The fourth-order valence-corrected chi connectivity index (χ4v) is 4.20. The Balaban J connectivity index is 1.69. The zero-order chi connectivity index (χ0) is 21.0. The van der Waals surface area contributed by atoms with Gasteiger partial charge in [-0.25, -0.2) is 4.79 Å². The first-order valence-electron chi connectivity index (χ1n) is 9.56. The molecule has 2 aromatic rings. The number of thiophene rings is 1. The number of hydrogen-bond acceptors (Lipinski definition) is 6. The van der Waals surface area contributed by atoms with Crippen LogP contribution in [-0.2, 0) is 20.8 Å². The highest BCUT2D eigenvalue weighted by atomic mass is 32.1. The van der Waals surface area contributed by atoms with E-state index in [1.54, 1.807) is 6.07 Å². The zero-order valence-corrected chi connectivity index (χ0v) is 17.7. The van der Waals surface area contributed by atoms with E-state index in [4.69, 9.17) is 9.47 Å². The molecule has 0 bridgehead atoms. The molecule has 6 nitrogen and oxygen atoms in total. The fraction of sp³-hybridized carbons (Fsp3) is 0.409. The van der Waals surface area contributed by atoms with Crippen LogP contribution < -0.4 is 0 Å². The Hall–Kier alpha value is -2.69. The number of Topliss-reactive ketones (excluding diaryl/α,β-unsaturated/α-hetero) is 1. The van der Waals surface area contributed by atoms with Crippen LogP contribution >= 0.6 is 11.3 Å². The van der Waals surface area contributed by atoms with Crippen molar-refractivity contribution in [3.05, 3.63) is 50.5 Å². The van der Waals surface area contributed by atoms with E-state index in [-0.39, 0.29) is 24.1 Å². The summed E-state index contributed by atoms with van der Waals surface area (Å²) >= 11 is 1.35. The lowest BCUT2D eigenvalue weighted by atomic mass is 10.1. The summed E-state index contributed by atoms with van der Waals surface area (Å²) in [7, 11) is 0. The van der Waals surface area contributed by atoms with Crippen molar-refractivity contribution in [3.8, 4) is 6.07 Å². The largest absolute Gasteiger partial charge is 0.453 e. The number of esters is 1. The number of hydrogen-bond donors (Lipinski definition) is 0. The van der Waals surface area contributed by atoms with Crippen molar-refractivity contribution in [2.45, 2.75) is 46.3 Å². The molecule has 0 unspecified atom stereocenters. The third-order valence-corrected chi connectivity index (χ3v) is 6.05. The van der Waals surface area contributed by atoms with E-state index in [0.717, 1.165) is 47.8 Å². The summed E-state index contributed by atoms with van der Waals surface area (Å²) < 4.78 is 12.9. The molecule has 0 amide bonds. The number of carbonyl (C=O) groups is 2. The summed E-state index contributed by atoms with van der Waals surface area (Å²) in [4.78, 5) is 26.0. The molecule has 1 atom stereocenters. The molecule has 3 rings (SSSR count). The second-order valence-electron chi connectivity index (χ2n) is 7.15. The van der Waals surface area contributed by atoms with Gasteiger partial charge in [0.1, 0.15) is 11.6 Å². The number of ketones is 1. The van der Waals surface area contributed by atoms with Gasteiger partial charge < -0.3 is 14.0 Å². The van der Waals surface area contributed by atoms with Gasteiger partial charge in [0.2, 0.25) is 5.78 Å². The van der Waals surface area contributed by atoms with E-state index >= 15 is 0 Å². The Kier molecular flexibility index (Phi) is 6.68. The first kappa shape index (κ1) is 21.0. The summed E-state index contributed by atoms with van der Waals surface area (Å²) in [6.07, 6.45) is 3.83. The average molecular weight is 413 g/mol. The highest BCUT2D eigenvalue weighted by Gasteiger charge is 2.20. The lowest BCUT2D eigenvalue weighted by Gasteiger charge is -2.14. The maximum absolute atomic E-state index is 12.3. The summed E-state index contributed by atoms with van der Waals surface area (Å²) in [5, 5.41) is 9.41. The topological polar surface area (TPSA) is 81.3 Å². The predicted molar refractivity (Wildman–Crippen MR) is 111 cm³/mol. The maximum atomic E-state index is 12.3. The molecule has 1 saturated heterocycles. The SMILES string of the molecule is Cc1ccc(C(=O)COC(=O)/C(C#N)=C/c2cc(C)n(C[C@H]3CCCO3)c2C)s1. The van der Waals surface area contributed by atoms with Crippen molar-refractivity contribution in [2.75, 3.05) is 13.2 Å². The molecule has 3 heterocycles. The van der Waals surface area contributed by atoms with Crippen LogP contribution in [0.5, 0.6) is 0 Å². The number of rotatable bonds is 7. The van der Waals surface area contributed by atoms with Gasteiger partial charge in [0, 0.05) is 29.4 Å². The van der Waals surface area contributed by atoms with Crippen molar-refractivity contribution < 1.29 is 19.1 Å². The quantitative estimate of drug-likeness (QED) is 0.297. The maximum Gasteiger partial charge on any atom is 0.349 e. The van der Waals surface area contributed by atoms with Gasteiger partial charge in [-0.3, -0.25) is 4.79 Å². The van der Waals surface area contributed by atoms with Crippen LogP contribution in [0.2, 0.25) is 0 Å². The number of carbonyl (C=O) groups excluding carboxylic acids is 2. The van der Waals surface area contributed by atoms with Gasteiger partial charge >= 0.3 is 5.97 Å². The minimum absolute atomic E-state index is 0.127. The predicted octanol–water partition coefficient (Wildman–Crippen LogP) is 3.99. The molecule has 0 aliphatic carbocycles. The van der Waals surface area contributed by atoms with Crippen LogP contribution in [-0.4, -0.2) is 35.6 Å². The first-order valence-corrected chi connectivity index (χ1v) is 10.4. The lowest BCUT2D eigenvalue weighted by molar-refractivity contribution is -0.137. The average Bonchev–Trinajstić information content (AvgIpc) is 3.42. The summed E-state index contributed by atoms with van der Waals surface area (Å²) in [6, 6.07) is 7.38. The van der Waals surface area contributed by atoms with E-state index in [0.29, 0.717) is 4.88 Å². The molecule has 0 saturated carbocycles. The molecule has 2 aromatic heterocycles. The van der Waals surface area contributed by atoms with Crippen molar-refractivity contribution in [3.63, 3.8) is 0 Å². The molecule has 1 aliphatic rings. The van der Waals surface area contributed by atoms with Crippen LogP contribution in [0.4, 0.5) is 0 Å². The highest BCUT2D eigenvalue weighted by molar-refractivity contribution is 7.14. The third kappa shape index (κ3) is 5.03. The number of aromatic nitrogens is 1. The smallest absolute Gasteiger partial charge is 0.349 e. The Morgan fingerprint density at radius 2 is 2.17 bits per heavy atom. The second-order valence-corrected chi connectivity index (χ2v) is 8.44. The van der Waals surface area contributed by atoms with E-state index in [1.165, 1.54) is 17.4 Å². The molecule has 0 spiro atoms. The molecular formula is C22H24N2O4S. The molecule has 29 heavy (non-hydrogen) atoms. The molecule has 0 N–H and O–H groups in total. The van der Waals surface area contributed by atoms with Crippen LogP contribution in [0, 0.1) is 32.1 Å². The van der Waals surface area contributed by atoms with Crippen LogP contribution in [0.1, 0.15) is 44.3 Å². The van der Waals surface area contributed by atoms with Crippen LogP contribution in [0.15, 0.2) is 23.8 Å². The van der Waals surface area contributed by atoms with Gasteiger partial charge in [0.25, 0.3) is 0 Å². The van der Waals surface area contributed by atoms with Crippen molar-refractivity contribution in [1.82, 2.24) is 4.57 Å². The monoisotopic (exact) mass is 412 g/mol. The molecule has 152 valence electrons. The second kappa shape index (κ2) is 9.21. The Bertz CT molecular complexity index is 987. The number of nitriles is 1. The lowest BCUT2D eigenvalue weighted by Crippen LogP contribution is -2.17. The summed E-state index contributed by atoms with van der Waals surface area (Å²) in [5.74, 6) is -1.07. The molecule has 1 fully saturated rings. The van der Waals surface area contributed by atoms with E-state index < -0.39 is 5.97 Å². The van der Waals surface area contributed by atoms with Gasteiger partial charge in [-0.2, -0.15) is 5.26 Å². The molecular weight excluding hydrogens is 388 g/mol. The van der Waals surface area contributed by atoms with Gasteiger partial charge in [0.15, 0.2) is 6.61 Å². The first-order chi connectivity index (χ1) is 13.9. The van der Waals surface area contributed by atoms with Gasteiger partial charge in [-0.1, -0.05) is 0 Å². The Labute approximate surface area is 174 Å². The van der Waals surface area contributed by atoms with Crippen LogP contribution in [0.3, 0.4) is 0 Å². The summed E-state index contributed by atoms with van der Waals surface area (Å²) in [6.45, 7) is 7.02. The van der Waals surface area contributed by atoms with Crippen molar-refractivity contribution >= 4 is 29.2 Å². The molecule has 1 aliphatic heterocycles. The fourth-order valence-electron chi connectivity index (χ4n) is 3.40. The normalized spacial score (nSPS) is 16.6. The number of aryl methyl sites for hydroxylation is 2. The van der Waals surface area contributed by atoms with E-state index in [9.17, 15) is 14.9 Å². The van der Waals surface area contributed by atoms with Crippen LogP contribution in [0.25, 0.3) is 6.08 Å². The van der Waals surface area contributed by atoms with Gasteiger partial charge in [-0.05, 0) is 63.5 Å². The van der Waals surface area contributed by atoms with E-state index in [2.05, 4.69) is 4.57 Å². The third-order valence-electron chi connectivity index (χ3n) is 5.01. The zero-order valence-electron chi connectivity index (χ0n) is 16.9. The standard InChI is InChI=1S/C22H24N2O4S/c1-14-9-17(16(3)24(14)12-19-5-4-8-27-19)10-18(11-23)22(26)28-13-20(25)21-7-6-15(2)29-21/h6-7,9-10,19H,4-5,8,12-13H2,1-3H3/b18-10+/t19-/m1/s1. The van der Waals surface area contributed by atoms with Crippen molar-refractivity contribution in [1.29, 1.82) is 5.26 Å². The number of nitrogens with zero attached hydrogens (tertiary/aromatic N) is 2. The molecule has 7 heteroatoms. The van der Waals surface area contributed by atoms with Crippen molar-refractivity contribution in [2.24, 2.45) is 0 Å². The Morgan fingerprint density at radius 3 is 2.79 bits per heavy atom. The van der Waals surface area contributed by atoms with Gasteiger partial charge in [-0.15, -0.1) is 11.3 Å². The molecule has 0 radical (unpaired) electrons. The highest BCUT2D eigenvalue weighted by Crippen LogP contribution is 2.22. The van der Waals surface area contributed by atoms with E-state index in [1.807, 2.05) is 39.0 Å². The molecule has 0 aromatic carbocycles. The Morgan fingerprint density at radius 1 is 1.38 bits per heavy atom. The van der Waals surface area contributed by atoms with Gasteiger partial charge in [0.05, 0.1) is 11.0 Å². The minimum atomic E-state index is -0.793. The minimum Gasteiger partial charge on any atom is -0.453 e. The number of ether oxygens (including phenoxy) is 2. The summed E-state index contributed by atoms with van der Waals surface area (Å²) in [5.41, 5.74) is 2.66.